The number of fused-ring (bicyclic) bond motifs is 1. The average molecular weight is 382 g/mol. The van der Waals surface area contributed by atoms with Crippen molar-refractivity contribution < 1.29 is 13.2 Å². The number of rotatable bonds is 6. The lowest BCUT2D eigenvalue weighted by Crippen LogP contribution is -2.39. The minimum Gasteiger partial charge on any atom is -0.271 e. The molecule has 0 atom stereocenters. The first kappa shape index (κ1) is 18.5. The summed E-state index contributed by atoms with van der Waals surface area (Å²) < 4.78 is 25.7. The Labute approximate surface area is 157 Å². The third-order valence-electron chi connectivity index (χ3n) is 3.80. The van der Waals surface area contributed by atoms with Gasteiger partial charge in [-0.2, -0.15) is 5.10 Å². The Hall–Kier alpha value is -3.26. The molecule has 7 nitrogen and oxygen atoms in total. The predicted molar refractivity (Wildman–Crippen MR) is 106 cm³/mol. The fourth-order valence-electron chi connectivity index (χ4n) is 2.60. The van der Waals surface area contributed by atoms with E-state index in [0.29, 0.717) is 11.4 Å². The van der Waals surface area contributed by atoms with Crippen molar-refractivity contribution in [3.05, 3.63) is 72.6 Å². The van der Waals surface area contributed by atoms with E-state index in [1.54, 1.807) is 36.5 Å². The number of pyridine rings is 1. The molecule has 0 radical (unpaired) electrons. The number of hydrogen-bond donors (Lipinski definition) is 1. The number of carbonyl (C=O) groups excluding carboxylic acids is 1. The Morgan fingerprint density at radius 3 is 2.59 bits per heavy atom. The van der Waals surface area contributed by atoms with Gasteiger partial charge in [-0.05, 0) is 23.6 Å². The first-order chi connectivity index (χ1) is 12.9. The number of benzene rings is 2. The van der Waals surface area contributed by atoms with Crippen molar-refractivity contribution in [1.29, 1.82) is 0 Å². The highest BCUT2D eigenvalue weighted by atomic mass is 32.2. The summed E-state index contributed by atoms with van der Waals surface area (Å²) in [7, 11) is -3.67. The Balaban J connectivity index is 1.82. The molecule has 0 aliphatic carbocycles. The maximum absolute atomic E-state index is 12.3. The van der Waals surface area contributed by atoms with Crippen molar-refractivity contribution in [3.63, 3.8) is 0 Å². The lowest BCUT2D eigenvalue weighted by atomic mass is 10.1. The van der Waals surface area contributed by atoms with Crippen molar-refractivity contribution in [2.24, 2.45) is 5.10 Å². The van der Waals surface area contributed by atoms with Gasteiger partial charge in [0.15, 0.2) is 0 Å². The Bertz CT molecular complexity index is 1080. The number of hydrazone groups is 1. The van der Waals surface area contributed by atoms with Crippen molar-refractivity contribution in [3.8, 4) is 0 Å². The van der Waals surface area contributed by atoms with Crippen LogP contribution < -0.4 is 9.73 Å². The molecule has 0 saturated carbocycles. The van der Waals surface area contributed by atoms with Gasteiger partial charge in [-0.1, -0.05) is 42.5 Å². The van der Waals surface area contributed by atoms with Gasteiger partial charge in [0.05, 0.1) is 23.9 Å². The van der Waals surface area contributed by atoms with Crippen molar-refractivity contribution >= 4 is 38.6 Å². The van der Waals surface area contributed by atoms with Crippen LogP contribution in [0.4, 0.5) is 5.69 Å². The second kappa shape index (κ2) is 7.96. The summed E-state index contributed by atoms with van der Waals surface area (Å²) in [6, 6.07) is 18.0. The molecule has 1 aromatic heterocycles. The summed E-state index contributed by atoms with van der Waals surface area (Å²) in [5.41, 5.74) is 3.36. The zero-order valence-corrected chi connectivity index (χ0v) is 15.4. The van der Waals surface area contributed by atoms with Crippen LogP contribution >= 0.6 is 0 Å². The van der Waals surface area contributed by atoms with Crippen LogP contribution in [0.25, 0.3) is 10.8 Å². The first-order valence-corrected chi connectivity index (χ1v) is 9.98. The molecule has 0 spiro atoms. The minimum absolute atomic E-state index is 0.383. The molecule has 1 heterocycles. The molecule has 0 unspecified atom stereocenters. The molecule has 1 amide bonds. The monoisotopic (exact) mass is 382 g/mol. The van der Waals surface area contributed by atoms with Crippen LogP contribution in [0.3, 0.4) is 0 Å². The molecule has 0 bridgehead atoms. The van der Waals surface area contributed by atoms with E-state index in [2.05, 4.69) is 15.5 Å². The van der Waals surface area contributed by atoms with Gasteiger partial charge in [-0.3, -0.25) is 14.1 Å². The lowest BCUT2D eigenvalue weighted by molar-refractivity contribution is -0.119. The number of nitrogens with zero attached hydrogens (tertiary/aromatic N) is 3. The second-order valence-corrected chi connectivity index (χ2v) is 7.72. The number of anilines is 1. The number of aromatic nitrogens is 1. The molecule has 1 N–H and O–H groups in total. The Morgan fingerprint density at radius 2 is 1.85 bits per heavy atom. The third kappa shape index (κ3) is 4.68. The van der Waals surface area contributed by atoms with Crippen LogP contribution in [0.1, 0.15) is 5.69 Å². The fourth-order valence-corrected chi connectivity index (χ4v) is 3.46. The molecule has 0 aliphatic heterocycles. The lowest BCUT2D eigenvalue weighted by Gasteiger charge is -2.23. The Kier molecular flexibility index (Phi) is 5.46. The van der Waals surface area contributed by atoms with Crippen molar-refractivity contribution in [1.82, 2.24) is 10.4 Å². The topological polar surface area (TPSA) is 91.7 Å². The molecular formula is C19H18N4O3S. The van der Waals surface area contributed by atoms with Crippen molar-refractivity contribution in [2.75, 3.05) is 17.1 Å². The molecule has 3 rings (SSSR count). The van der Waals surface area contributed by atoms with Gasteiger partial charge < -0.3 is 0 Å². The van der Waals surface area contributed by atoms with Gasteiger partial charge in [0, 0.05) is 11.6 Å². The van der Waals surface area contributed by atoms with E-state index >= 15 is 0 Å². The number of hydrogen-bond acceptors (Lipinski definition) is 5. The smallest absolute Gasteiger partial charge is 0.260 e. The Morgan fingerprint density at radius 1 is 1.11 bits per heavy atom. The highest BCUT2D eigenvalue weighted by Gasteiger charge is 2.22. The normalized spacial score (nSPS) is 11.6. The maximum atomic E-state index is 12.3. The van der Waals surface area contributed by atoms with Crippen LogP contribution in [0.15, 0.2) is 72.0 Å². The van der Waals surface area contributed by atoms with Crippen molar-refractivity contribution in [2.45, 2.75) is 0 Å². The molecule has 27 heavy (non-hydrogen) atoms. The average Bonchev–Trinajstić information content (AvgIpc) is 2.66. The van der Waals surface area contributed by atoms with Crippen LogP contribution in [-0.2, 0) is 14.8 Å². The summed E-state index contributed by atoms with van der Waals surface area (Å²) in [6.07, 6.45) is 4.06. The van der Waals surface area contributed by atoms with Gasteiger partial charge in [-0.15, -0.1) is 0 Å². The summed E-state index contributed by atoms with van der Waals surface area (Å²) in [6.45, 7) is -0.383. The molecule has 0 saturated heterocycles. The van der Waals surface area contributed by atoms with Gasteiger partial charge in [0.2, 0.25) is 10.0 Å². The minimum atomic E-state index is -3.67. The number of amides is 1. The zero-order chi connectivity index (χ0) is 19.3. The zero-order valence-electron chi connectivity index (χ0n) is 14.6. The summed E-state index contributed by atoms with van der Waals surface area (Å²) in [5.74, 6) is -0.555. The molecule has 138 valence electrons. The molecule has 3 aromatic rings. The summed E-state index contributed by atoms with van der Waals surface area (Å²) >= 11 is 0. The predicted octanol–water partition coefficient (Wildman–Crippen LogP) is 2.15. The highest BCUT2D eigenvalue weighted by molar-refractivity contribution is 7.92. The SMILES string of the molecule is CS(=O)(=O)N(CC(=O)N/N=C\c1ccccn1)c1cccc2ccccc12. The molecule has 8 heteroatoms. The quantitative estimate of drug-likeness (QED) is 0.522. The number of nitrogens with one attached hydrogen (secondary N) is 1. The standard InChI is InChI=1S/C19H18N4O3S/c1-27(25,26)23(18-11-6-8-15-7-2-3-10-17(15)18)14-19(24)22-21-13-16-9-4-5-12-20-16/h2-13H,14H2,1H3,(H,22,24)/b21-13-. The van der Waals surface area contributed by atoms with E-state index in [9.17, 15) is 13.2 Å². The van der Waals surface area contributed by atoms with E-state index < -0.39 is 15.9 Å². The van der Waals surface area contributed by atoms with E-state index in [0.717, 1.165) is 21.3 Å². The molecule has 0 fully saturated rings. The third-order valence-corrected chi connectivity index (χ3v) is 4.92. The molecule has 2 aromatic carbocycles. The van der Waals surface area contributed by atoms with E-state index in [1.165, 1.54) is 6.21 Å². The molecular weight excluding hydrogens is 364 g/mol. The summed E-state index contributed by atoms with van der Waals surface area (Å²) in [5, 5.41) is 5.46. The highest BCUT2D eigenvalue weighted by Crippen LogP contribution is 2.28. The van der Waals surface area contributed by atoms with Gasteiger partial charge in [0.1, 0.15) is 6.54 Å². The van der Waals surface area contributed by atoms with E-state index in [4.69, 9.17) is 0 Å². The van der Waals surface area contributed by atoms with Crippen LogP contribution in [0.2, 0.25) is 0 Å². The largest absolute Gasteiger partial charge is 0.271 e. The van der Waals surface area contributed by atoms with Crippen LogP contribution in [0.5, 0.6) is 0 Å². The van der Waals surface area contributed by atoms with E-state index in [-0.39, 0.29) is 6.54 Å². The maximum Gasteiger partial charge on any atom is 0.260 e. The van der Waals surface area contributed by atoms with E-state index in [1.807, 2.05) is 30.3 Å². The number of carbonyl (C=O) groups is 1. The number of sulfonamides is 1. The van der Waals surface area contributed by atoms with Gasteiger partial charge in [-0.25, -0.2) is 13.8 Å². The van der Waals surface area contributed by atoms with Crippen LogP contribution in [-0.4, -0.2) is 38.3 Å². The van der Waals surface area contributed by atoms with Gasteiger partial charge in [0.25, 0.3) is 5.91 Å². The first-order valence-electron chi connectivity index (χ1n) is 8.13. The molecule has 0 aliphatic rings. The summed E-state index contributed by atoms with van der Waals surface area (Å²) in [4.78, 5) is 16.3. The van der Waals surface area contributed by atoms with Crippen LogP contribution in [0, 0.1) is 0 Å². The van der Waals surface area contributed by atoms with Gasteiger partial charge >= 0.3 is 0 Å². The second-order valence-electron chi connectivity index (χ2n) is 5.82. The fraction of sp³-hybridized carbons (Fsp3) is 0.105.